The van der Waals surface area contributed by atoms with Gasteiger partial charge in [0.1, 0.15) is 11.5 Å². The zero-order valence-corrected chi connectivity index (χ0v) is 8.26. The molecule has 1 aromatic rings. The molecule has 0 bridgehead atoms. The van der Waals surface area contributed by atoms with Gasteiger partial charge in [0.05, 0.1) is 14.2 Å². The fraction of sp³-hybridized carbons (Fsp3) is 0.400. The summed E-state index contributed by atoms with van der Waals surface area (Å²) in [5.41, 5.74) is 7.60. The van der Waals surface area contributed by atoms with E-state index in [0.29, 0.717) is 6.54 Å². The van der Waals surface area contributed by atoms with Crippen molar-refractivity contribution in [3.8, 4) is 11.5 Å². The number of benzene rings is 1. The lowest BCUT2D eigenvalue weighted by atomic mass is 10.1. The van der Waals surface area contributed by atoms with Gasteiger partial charge in [-0.25, -0.2) is 0 Å². The van der Waals surface area contributed by atoms with Crippen LogP contribution in [-0.4, -0.2) is 14.2 Å². The normalized spacial score (nSPS) is 9.85. The van der Waals surface area contributed by atoms with Crippen LogP contribution in [0.2, 0.25) is 0 Å². The number of rotatable bonds is 3. The molecule has 0 atom stereocenters. The van der Waals surface area contributed by atoms with Gasteiger partial charge in [-0.2, -0.15) is 0 Å². The molecule has 3 heteroatoms. The third kappa shape index (κ3) is 1.92. The Morgan fingerprint density at radius 1 is 1.23 bits per heavy atom. The van der Waals surface area contributed by atoms with E-state index in [1.54, 1.807) is 14.2 Å². The smallest absolute Gasteiger partial charge is 0.126 e. The average molecular weight is 181 g/mol. The highest BCUT2D eigenvalue weighted by molar-refractivity contribution is 5.46. The number of methoxy groups -OCH3 is 2. The Morgan fingerprint density at radius 2 is 1.92 bits per heavy atom. The fourth-order valence-electron chi connectivity index (χ4n) is 1.37. The molecule has 1 aromatic carbocycles. The molecule has 0 fully saturated rings. The molecule has 0 radical (unpaired) electrons. The molecule has 0 saturated carbocycles. The largest absolute Gasteiger partial charge is 0.497 e. The number of ether oxygens (including phenoxy) is 2. The first kappa shape index (κ1) is 9.86. The summed E-state index contributed by atoms with van der Waals surface area (Å²) >= 11 is 0. The summed E-state index contributed by atoms with van der Waals surface area (Å²) in [6.07, 6.45) is 0. The minimum Gasteiger partial charge on any atom is -0.497 e. The van der Waals surface area contributed by atoms with E-state index in [1.165, 1.54) is 0 Å². The van der Waals surface area contributed by atoms with Crippen molar-refractivity contribution >= 4 is 0 Å². The molecule has 0 heterocycles. The number of nitrogens with two attached hydrogens (primary N) is 1. The van der Waals surface area contributed by atoms with Crippen molar-refractivity contribution in [2.75, 3.05) is 14.2 Å². The molecule has 13 heavy (non-hydrogen) atoms. The van der Waals surface area contributed by atoms with E-state index >= 15 is 0 Å². The third-order valence-corrected chi connectivity index (χ3v) is 1.98. The van der Waals surface area contributed by atoms with Crippen molar-refractivity contribution in [1.29, 1.82) is 0 Å². The maximum Gasteiger partial charge on any atom is 0.126 e. The van der Waals surface area contributed by atoms with Crippen molar-refractivity contribution in [2.24, 2.45) is 5.73 Å². The summed E-state index contributed by atoms with van der Waals surface area (Å²) in [4.78, 5) is 0. The van der Waals surface area contributed by atoms with E-state index in [9.17, 15) is 0 Å². The van der Waals surface area contributed by atoms with Crippen LogP contribution in [0.5, 0.6) is 11.5 Å². The molecular formula is C10H15NO2. The standard InChI is InChI=1S/C10H15NO2/c1-7-4-9(12-2)5-8(6-11)10(7)13-3/h4-5H,6,11H2,1-3H3. The van der Waals surface area contributed by atoms with Crippen molar-refractivity contribution in [3.63, 3.8) is 0 Å². The highest BCUT2D eigenvalue weighted by Crippen LogP contribution is 2.28. The van der Waals surface area contributed by atoms with Crippen LogP contribution in [0.25, 0.3) is 0 Å². The van der Waals surface area contributed by atoms with Crippen molar-refractivity contribution in [3.05, 3.63) is 23.3 Å². The van der Waals surface area contributed by atoms with E-state index in [1.807, 2.05) is 19.1 Å². The molecule has 72 valence electrons. The lowest BCUT2D eigenvalue weighted by Gasteiger charge is -2.11. The van der Waals surface area contributed by atoms with Gasteiger partial charge < -0.3 is 15.2 Å². The molecule has 2 N–H and O–H groups in total. The summed E-state index contributed by atoms with van der Waals surface area (Å²) < 4.78 is 10.4. The van der Waals surface area contributed by atoms with Gasteiger partial charge in [0, 0.05) is 12.1 Å². The molecule has 0 aromatic heterocycles. The molecule has 3 nitrogen and oxygen atoms in total. The van der Waals surface area contributed by atoms with E-state index in [-0.39, 0.29) is 0 Å². The van der Waals surface area contributed by atoms with Crippen LogP contribution in [0.15, 0.2) is 12.1 Å². The lowest BCUT2D eigenvalue weighted by Crippen LogP contribution is -2.02. The second-order valence-corrected chi connectivity index (χ2v) is 2.84. The van der Waals surface area contributed by atoms with E-state index in [2.05, 4.69) is 0 Å². The van der Waals surface area contributed by atoms with Crippen LogP contribution in [0.4, 0.5) is 0 Å². The molecule has 1 rings (SSSR count). The molecule has 0 aliphatic rings. The van der Waals surface area contributed by atoms with Gasteiger partial charge in [0.2, 0.25) is 0 Å². The highest BCUT2D eigenvalue weighted by atomic mass is 16.5. The van der Waals surface area contributed by atoms with E-state index in [0.717, 1.165) is 22.6 Å². The molecular weight excluding hydrogens is 166 g/mol. The van der Waals surface area contributed by atoms with Gasteiger partial charge in [-0.05, 0) is 24.6 Å². The zero-order valence-electron chi connectivity index (χ0n) is 8.26. The van der Waals surface area contributed by atoms with Crippen LogP contribution in [0.3, 0.4) is 0 Å². The minimum absolute atomic E-state index is 0.460. The molecule has 0 aliphatic heterocycles. The first-order valence-corrected chi connectivity index (χ1v) is 4.14. The Morgan fingerprint density at radius 3 is 2.38 bits per heavy atom. The first-order valence-electron chi connectivity index (χ1n) is 4.14. The highest BCUT2D eigenvalue weighted by Gasteiger charge is 2.07. The summed E-state index contributed by atoms with van der Waals surface area (Å²) in [5.74, 6) is 1.67. The predicted octanol–water partition coefficient (Wildman–Crippen LogP) is 1.47. The Balaban J connectivity index is 3.20. The predicted molar refractivity (Wildman–Crippen MR) is 52.2 cm³/mol. The molecule has 0 unspecified atom stereocenters. The van der Waals surface area contributed by atoms with Crippen LogP contribution < -0.4 is 15.2 Å². The topological polar surface area (TPSA) is 44.5 Å². The second kappa shape index (κ2) is 4.14. The molecule has 0 amide bonds. The number of hydrogen-bond acceptors (Lipinski definition) is 3. The van der Waals surface area contributed by atoms with E-state index < -0.39 is 0 Å². The van der Waals surface area contributed by atoms with Gasteiger partial charge in [-0.3, -0.25) is 0 Å². The lowest BCUT2D eigenvalue weighted by molar-refractivity contribution is 0.396. The molecule has 0 aliphatic carbocycles. The van der Waals surface area contributed by atoms with Gasteiger partial charge in [0.15, 0.2) is 0 Å². The Bertz CT molecular complexity index is 297. The van der Waals surface area contributed by atoms with Gasteiger partial charge in [-0.15, -0.1) is 0 Å². The molecule has 0 spiro atoms. The maximum absolute atomic E-state index is 5.58. The maximum atomic E-state index is 5.58. The fourth-order valence-corrected chi connectivity index (χ4v) is 1.37. The summed E-state index contributed by atoms with van der Waals surface area (Å²) in [6, 6.07) is 3.82. The first-order chi connectivity index (χ1) is 6.22. The summed E-state index contributed by atoms with van der Waals surface area (Å²) in [5, 5.41) is 0. The summed E-state index contributed by atoms with van der Waals surface area (Å²) in [6.45, 7) is 2.43. The van der Waals surface area contributed by atoms with Crippen LogP contribution in [0, 0.1) is 6.92 Å². The Labute approximate surface area is 78.5 Å². The van der Waals surface area contributed by atoms with Crippen molar-refractivity contribution in [1.82, 2.24) is 0 Å². The summed E-state index contributed by atoms with van der Waals surface area (Å²) in [7, 11) is 3.29. The number of aryl methyl sites for hydroxylation is 1. The average Bonchev–Trinajstić information content (AvgIpc) is 2.16. The van der Waals surface area contributed by atoms with Crippen LogP contribution in [0.1, 0.15) is 11.1 Å². The van der Waals surface area contributed by atoms with Crippen molar-refractivity contribution < 1.29 is 9.47 Å². The van der Waals surface area contributed by atoms with Gasteiger partial charge in [0.25, 0.3) is 0 Å². The Hall–Kier alpha value is -1.22. The monoisotopic (exact) mass is 181 g/mol. The van der Waals surface area contributed by atoms with Crippen LogP contribution in [-0.2, 0) is 6.54 Å². The van der Waals surface area contributed by atoms with Gasteiger partial charge >= 0.3 is 0 Å². The Kier molecular flexibility index (Phi) is 3.14. The third-order valence-electron chi connectivity index (χ3n) is 1.98. The zero-order chi connectivity index (χ0) is 9.84. The van der Waals surface area contributed by atoms with E-state index in [4.69, 9.17) is 15.2 Å². The quantitative estimate of drug-likeness (QED) is 0.768. The second-order valence-electron chi connectivity index (χ2n) is 2.84. The van der Waals surface area contributed by atoms with Crippen LogP contribution >= 0.6 is 0 Å². The van der Waals surface area contributed by atoms with Crippen molar-refractivity contribution in [2.45, 2.75) is 13.5 Å². The minimum atomic E-state index is 0.460. The van der Waals surface area contributed by atoms with Gasteiger partial charge in [-0.1, -0.05) is 0 Å². The molecule has 0 saturated heterocycles. The SMILES string of the molecule is COc1cc(C)c(OC)c(CN)c1. The number of hydrogen-bond donors (Lipinski definition) is 1.